The Morgan fingerprint density at radius 1 is 1.29 bits per heavy atom. The van der Waals surface area contributed by atoms with Crippen LogP contribution >= 0.6 is 27.5 Å². The minimum absolute atomic E-state index is 0.0218. The number of benzene rings is 1. The van der Waals surface area contributed by atoms with Gasteiger partial charge in [-0.2, -0.15) is 0 Å². The Morgan fingerprint density at radius 2 is 1.95 bits per heavy atom. The lowest BCUT2D eigenvalue weighted by Gasteiger charge is -2.10. The van der Waals surface area contributed by atoms with Gasteiger partial charge in [0.2, 0.25) is 0 Å². The number of hydrogen-bond donors (Lipinski definition) is 2. The van der Waals surface area contributed by atoms with Crippen LogP contribution in [0.3, 0.4) is 0 Å². The largest absolute Gasteiger partial charge is 0.399 e. The van der Waals surface area contributed by atoms with Crippen LogP contribution in [-0.2, 0) is 10.0 Å². The average Bonchev–Trinajstić information content (AvgIpc) is 2.37. The van der Waals surface area contributed by atoms with Gasteiger partial charge in [0.05, 0.1) is 16.4 Å². The van der Waals surface area contributed by atoms with E-state index in [1.165, 1.54) is 6.07 Å². The van der Waals surface area contributed by atoms with E-state index < -0.39 is 26.6 Å². The molecule has 0 fully saturated rings. The zero-order chi connectivity index (χ0) is 15.8. The van der Waals surface area contributed by atoms with Crippen LogP contribution in [0.15, 0.2) is 33.8 Å². The van der Waals surface area contributed by atoms with Crippen LogP contribution in [0.1, 0.15) is 0 Å². The average molecular weight is 399 g/mol. The number of nitrogens with zero attached hydrogens (tertiary/aromatic N) is 1. The maximum absolute atomic E-state index is 13.6. The molecule has 21 heavy (non-hydrogen) atoms. The summed E-state index contributed by atoms with van der Waals surface area (Å²) >= 11 is 8.74. The van der Waals surface area contributed by atoms with Crippen molar-refractivity contribution in [2.45, 2.75) is 4.90 Å². The first-order valence-electron chi connectivity index (χ1n) is 5.29. The van der Waals surface area contributed by atoms with Gasteiger partial charge in [-0.1, -0.05) is 11.6 Å². The fourth-order valence-electron chi connectivity index (χ4n) is 1.47. The highest BCUT2D eigenvalue weighted by atomic mass is 79.9. The number of pyridine rings is 1. The summed E-state index contributed by atoms with van der Waals surface area (Å²) in [5.74, 6) is -2.87. The first-order valence-corrected chi connectivity index (χ1v) is 7.94. The first-order chi connectivity index (χ1) is 9.70. The Kier molecular flexibility index (Phi) is 4.35. The van der Waals surface area contributed by atoms with E-state index in [4.69, 9.17) is 17.3 Å². The second kappa shape index (κ2) is 5.74. The summed E-state index contributed by atoms with van der Waals surface area (Å²) in [5.41, 5.74) is 5.13. The molecule has 0 radical (unpaired) electrons. The van der Waals surface area contributed by atoms with Gasteiger partial charge < -0.3 is 5.73 Å². The van der Waals surface area contributed by atoms with E-state index in [-0.39, 0.29) is 16.5 Å². The molecule has 0 unspecified atom stereocenters. The molecular formula is C11H7BrClF2N3O2S. The summed E-state index contributed by atoms with van der Waals surface area (Å²) in [5, 5.41) is 0.124. The van der Waals surface area contributed by atoms with Gasteiger partial charge in [0.1, 0.15) is 10.0 Å². The van der Waals surface area contributed by atoms with Gasteiger partial charge in [-0.25, -0.2) is 22.2 Å². The minimum Gasteiger partial charge on any atom is -0.399 e. The number of nitrogens with one attached hydrogen (secondary N) is 1. The SMILES string of the molecule is Nc1cc(F)c(F)c(S(=O)(=O)Nc2cnc(Cl)c(Br)c2)c1. The molecule has 1 heterocycles. The summed E-state index contributed by atoms with van der Waals surface area (Å²) in [6.07, 6.45) is 1.13. The Morgan fingerprint density at radius 3 is 2.57 bits per heavy atom. The van der Waals surface area contributed by atoms with Crippen LogP contribution in [0.2, 0.25) is 5.15 Å². The van der Waals surface area contributed by atoms with Crippen molar-refractivity contribution >= 4 is 48.9 Å². The van der Waals surface area contributed by atoms with Gasteiger partial charge in [0, 0.05) is 5.69 Å². The summed E-state index contributed by atoms with van der Waals surface area (Å²) in [6.45, 7) is 0. The summed E-state index contributed by atoms with van der Waals surface area (Å²) in [6, 6.07) is 2.83. The maximum Gasteiger partial charge on any atom is 0.265 e. The molecule has 2 aromatic rings. The van der Waals surface area contributed by atoms with Gasteiger partial charge in [-0.15, -0.1) is 0 Å². The van der Waals surface area contributed by atoms with Crippen LogP contribution in [0.5, 0.6) is 0 Å². The maximum atomic E-state index is 13.6. The van der Waals surface area contributed by atoms with Crippen molar-refractivity contribution in [2.75, 3.05) is 10.5 Å². The molecule has 0 saturated carbocycles. The lowest BCUT2D eigenvalue weighted by atomic mass is 10.3. The highest BCUT2D eigenvalue weighted by molar-refractivity contribution is 9.10. The fraction of sp³-hybridized carbons (Fsp3) is 0. The lowest BCUT2D eigenvalue weighted by molar-refractivity contribution is 0.486. The van der Waals surface area contributed by atoms with Crippen molar-refractivity contribution in [3.8, 4) is 0 Å². The quantitative estimate of drug-likeness (QED) is 0.614. The van der Waals surface area contributed by atoms with Crippen molar-refractivity contribution in [2.24, 2.45) is 0 Å². The second-order valence-corrected chi connectivity index (χ2v) is 6.78. The van der Waals surface area contributed by atoms with E-state index in [9.17, 15) is 17.2 Å². The van der Waals surface area contributed by atoms with E-state index >= 15 is 0 Å². The highest BCUT2D eigenvalue weighted by Gasteiger charge is 2.23. The second-order valence-electron chi connectivity index (χ2n) is 3.92. The van der Waals surface area contributed by atoms with E-state index in [2.05, 4.69) is 25.6 Å². The van der Waals surface area contributed by atoms with E-state index in [1.54, 1.807) is 0 Å². The van der Waals surface area contributed by atoms with Crippen molar-refractivity contribution in [1.82, 2.24) is 4.98 Å². The molecule has 0 atom stereocenters. The molecule has 0 amide bonds. The van der Waals surface area contributed by atoms with Crippen LogP contribution in [-0.4, -0.2) is 13.4 Å². The van der Waals surface area contributed by atoms with Crippen LogP contribution < -0.4 is 10.5 Å². The number of sulfonamides is 1. The van der Waals surface area contributed by atoms with Gasteiger partial charge in [-0.3, -0.25) is 4.72 Å². The number of nitrogen functional groups attached to an aromatic ring is 1. The molecule has 0 spiro atoms. The lowest BCUT2D eigenvalue weighted by Crippen LogP contribution is -2.16. The Labute approximate surface area is 132 Å². The summed E-state index contributed by atoms with van der Waals surface area (Å²) in [4.78, 5) is 2.82. The fourth-order valence-corrected chi connectivity index (χ4v) is 3.08. The molecule has 10 heteroatoms. The van der Waals surface area contributed by atoms with Crippen molar-refractivity contribution < 1.29 is 17.2 Å². The summed E-state index contributed by atoms with van der Waals surface area (Å²) in [7, 11) is -4.37. The zero-order valence-electron chi connectivity index (χ0n) is 10.1. The molecule has 0 bridgehead atoms. The van der Waals surface area contributed by atoms with Gasteiger partial charge in [0.15, 0.2) is 11.6 Å². The predicted molar refractivity (Wildman–Crippen MR) is 78.5 cm³/mol. The number of halogens is 4. The number of rotatable bonds is 3. The van der Waals surface area contributed by atoms with Gasteiger partial charge in [-0.05, 0) is 34.1 Å². The predicted octanol–water partition coefficient (Wildman–Crippen LogP) is 3.16. The van der Waals surface area contributed by atoms with Gasteiger partial charge in [0.25, 0.3) is 10.0 Å². The number of aromatic nitrogens is 1. The van der Waals surface area contributed by atoms with Crippen molar-refractivity contribution in [1.29, 1.82) is 0 Å². The third kappa shape index (κ3) is 3.42. The third-order valence-corrected chi connectivity index (χ3v) is 4.87. The van der Waals surface area contributed by atoms with Crippen molar-refractivity contribution in [3.63, 3.8) is 0 Å². The van der Waals surface area contributed by atoms with Crippen LogP contribution in [0.25, 0.3) is 0 Å². The molecule has 5 nitrogen and oxygen atoms in total. The van der Waals surface area contributed by atoms with E-state index in [0.29, 0.717) is 10.5 Å². The number of hydrogen-bond acceptors (Lipinski definition) is 4. The highest BCUT2D eigenvalue weighted by Crippen LogP contribution is 2.26. The molecule has 0 saturated heterocycles. The smallest absolute Gasteiger partial charge is 0.265 e. The Balaban J connectivity index is 2.45. The third-order valence-electron chi connectivity index (χ3n) is 2.36. The molecule has 0 aliphatic rings. The number of anilines is 2. The standard InChI is InChI=1S/C11H7BrClF2N3O2S/c12-7-3-6(4-17-11(7)13)18-21(19,20)9-2-5(16)1-8(14)10(9)15/h1-4,18H,16H2. The van der Waals surface area contributed by atoms with E-state index in [0.717, 1.165) is 12.3 Å². The minimum atomic E-state index is -4.37. The summed E-state index contributed by atoms with van der Waals surface area (Å²) < 4.78 is 53.4. The Bertz CT molecular complexity index is 817. The van der Waals surface area contributed by atoms with E-state index in [1.807, 2.05) is 0 Å². The topological polar surface area (TPSA) is 85.1 Å². The molecule has 112 valence electrons. The molecular weight excluding hydrogens is 392 g/mol. The first kappa shape index (κ1) is 15.9. The monoisotopic (exact) mass is 397 g/mol. The molecule has 1 aromatic heterocycles. The van der Waals surface area contributed by atoms with Gasteiger partial charge >= 0.3 is 0 Å². The van der Waals surface area contributed by atoms with Crippen LogP contribution in [0.4, 0.5) is 20.2 Å². The zero-order valence-corrected chi connectivity index (χ0v) is 13.2. The number of nitrogens with two attached hydrogens (primary N) is 1. The molecule has 1 aromatic carbocycles. The Hall–Kier alpha value is -1.45. The van der Waals surface area contributed by atoms with Crippen molar-refractivity contribution in [3.05, 3.63) is 45.7 Å². The molecule has 3 N–H and O–H groups in total. The molecule has 0 aliphatic heterocycles. The normalized spacial score (nSPS) is 11.4. The molecule has 0 aliphatic carbocycles. The molecule has 2 rings (SSSR count). The van der Waals surface area contributed by atoms with Crippen LogP contribution in [0, 0.1) is 11.6 Å².